The number of nitrogens with one attached hydrogen (secondary N) is 2. The summed E-state index contributed by atoms with van der Waals surface area (Å²) >= 11 is 6.16. The minimum absolute atomic E-state index is 0.0275. The maximum atomic E-state index is 12.4. The van der Waals surface area contributed by atoms with E-state index in [1.165, 1.54) is 6.33 Å². The van der Waals surface area contributed by atoms with Crippen molar-refractivity contribution >= 4 is 28.4 Å². The van der Waals surface area contributed by atoms with E-state index < -0.39 is 0 Å². The topological polar surface area (TPSA) is 75.6 Å². The van der Waals surface area contributed by atoms with Crippen LogP contribution in [0.4, 0.5) is 0 Å². The van der Waals surface area contributed by atoms with Crippen LogP contribution in [0.2, 0.25) is 5.02 Å². The number of hydrogen-bond donors (Lipinski definition) is 2. The average Bonchev–Trinajstić information content (AvgIpc) is 3.14. The number of halogens is 1. The zero-order valence-corrected chi connectivity index (χ0v) is 13.1. The standard InChI is InChI=1S/C15H16ClN5O/c1-9(21-8-17-7-19-21)6-18-15(22)13-10(2)11-4-3-5-12(16)14(11)20-13/h3-5,7-9,20H,6H2,1-2H3,(H,18,22)/t9-/m1/s1. The van der Waals surface area contributed by atoms with E-state index in [-0.39, 0.29) is 11.9 Å². The molecule has 0 fully saturated rings. The van der Waals surface area contributed by atoms with Gasteiger partial charge in [0, 0.05) is 11.9 Å². The van der Waals surface area contributed by atoms with Gasteiger partial charge in [0.1, 0.15) is 18.3 Å². The van der Waals surface area contributed by atoms with Crippen LogP contribution in [0, 0.1) is 6.92 Å². The first kappa shape index (κ1) is 14.6. The molecule has 0 radical (unpaired) electrons. The molecule has 0 aliphatic rings. The van der Waals surface area contributed by atoms with Crippen molar-refractivity contribution in [3.8, 4) is 0 Å². The Morgan fingerprint density at radius 3 is 3.00 bits per heavy atom. The van der Waals surface area contributed by atoms with E-state index in [0.29, 0.717) is 17.3 Å². The molecule has 7 heteroatoms. The molecule has 22 heavy (non-hydrogen) atoms. The average molecular weight is 318 g/mol. The predicted octanol–water partition coefficient (Wildman–Crippen LogP) is 2.71. The van der Waals surface area contributed by atoms with Crippen LogP contribution in [0.3, 0.4) is 0 Å². The number of benzene rings is 1. The van der Waals surface area contributed by atoms with Crippen LogP contribution < -0.4 is 5.32 Å². The van der Waals surface area contributed by atoms with Crippen molar-refractivity contribution in [1.82, 2.24) is 25.1 Å². The second-order valence-electron chi connectivity index (χ2n) is 5.22. The van der Waals surface area contributed by atoms with Crippen molar-refractivity contribution in [1.29, 1.82) is 0 Å². The summed E-state index contributed by atoms with van der Waals surface area (Å²) < 4.78 is 1.70. The summed E-state index contributed by atoms with van der Waals surface area (Å²) in [5, 5.41) is 8.53. The van der Waals surface area contributed by atoms with Gasteiger partial charge in [-0.2, -0.15) is 5.10 Å². The highest BCUT2D eigenvalue weighted by Gasteiger charge is 2.16. The van der Waals surface area contributed by atoms with Gasteiger partial charge in [-0.15, -0.1) is 0 Å². The fraction of sp³-hybridized carbons (Fsp3) is 0.267. The van der Waals surface area contributed by atoms with E-state index in [0.717, 1.165) is 16.5 Å². The first-order valence-electron chi connectivity index (χ1n) is 6.97. The summed E-state index contributed by atoms with van der Waals surface area (Å²) in [4.78, 5) is 19.4. The number of para-hydroxylation sites is 1. The number of aromatic nitrogens is 4. The van der Waals surface area contributed by atoms with Gasteiger partial charge >= 0.3 is 0 Å². The van der Waals surface area contributed by atoms with Crippen LogP contribution in [-0.2, 0) is 0 Å². The molecule has 2 aromatic heterocycles. The maximum absolute atomic E-state index is 12.4. The van der Waals surface area contributed by atoms with Crippen molar-refractivity contribution in [3.05, 3.63) is 47.1 Å². The third-order valence-corrected chi connectivity index (χ3v) is 4.03. The Morgan fingerprint density at radius 2 is 2.32 bits per heavy atom. The number of aromatic amines is 1. The minimum Gasteiger partial charge on any atom is -0.349 e. The highest BCUT2D eigenvalue weighted by molar-refractivity contribution is 6.35. The van der Waals surface area contributed by atoms with Crippen LogP contribution in [-0.4, -0.2) is 32.2 Å². The smallest absolute Gasteiger partial charge is 0.268 e. The second-order valence-corrected chi connectivity index (χ2v) is 5.63. The summed E-state index contributed by atoms with van der Waals surface area (Å²) in [7, 11) is 0. The number of carbonyl (C=O) groups is 1. The van der Waals surface area contributed by atoms with E-state index in [9.17, 15) is 4.79 Å². The fourth-order valence-electron chi connectivity index (χ4n) is 2.41. The molecule has 3 aromatic rings. The molecule has 1 aromatic carbocycles. The van der Waals surface area contributed by atoms with Crippen LogP contribution >= 0.6 is 11.6 Å². The Kier molecular flexibility index (Phi) is 3.85. The molecule has 2 heterocycles. The molecule has 114 valence electrons. The quantitative estimate of drug-likeness (QED) is 0.777. The van der Waals surface area contributed by atoms with Crippen LogP contribution in [0.1, 0.15) is 29.0 Å². The van der Waals surface area contributed by atoms with E-state index in [2.05, 4.69) is 20.4 Å². The first-order valence-corrected chi connectivity index (χ1v) is 7.35. The van der Waals surface area contributed by atoms with Gasteiger partial charge in [0.05, 0.1) is 16.6 Å². The van der Waals surface area contributed by atoms with Crippen LogP contribution in [0.25, 0.3) is 10.9 Å². The van der Waals surface area contributed by atoms with Crippen molar-refractivity contribution < 1.29 is 4.79 Å². The SMILES string of the molecule is Cc1c(C(=O)NC[C@@H](C)n2cncn2)[nH]c2c(Cl)cccc12. The van der Waals surface area contributed by atoms with Crippen molar-refractivity contribution in [2.45, 2.75) is 19.9 Å². The predicted molar refractivity (Wildman–Crippen MR) is 85.1 cm³/mol. The molecular weight excluding hydrogens is 302 g/mol. The number of carbonyl (C=O) groups excluding carboxylic acids is 1. The highest BCUT2D eigenvalue weighted by atomic mass is 35.5. The zero-order valence-electron chi connectivity index (χ0n) is 12.3. The molecule has 2 N–H and O–H groups in total. The number of aryl methyl sites for hydroxylation is 1. The number of rotatable bonds is 4. The van der Waals surface area contributed by atoms with Gasteiger partial charge in [-0.1, -0.05) is 23.7 Å². The lowest BCUT2D eigenvalue weighted by Crippen LogP contribution is -2.30. The molecule has 1 atom stereocenters. The second kappa shape index (κ2) is 5.81. The van der Waals surface area contributed by atoms with Gasteiger partial charge in [0.25, 0.3) is 5.91 Å². The molecule has 3 rings (SSSR count). The summed E-state index contributed by atoms with van der Waals surface area (Å²) in [6.07, 6.45) is 3.10. The molecule has 0 unspecified atom stereocenters. The molecule has 6 nitrogen and oxygen atoms in total. The molecule has 0 saturated heterocycles. The van der Waals surface area contributed by atoms with Crippen molar-refractivity contribution in [3.63, 3.8) is 0 Å². The lowest BCUT2D eigenvalue weighted by molar-refractivity contribution is 0.0943. The van der Waals surface area contributed by atoms with E-state index in [1.54, 1.807) is 17.1 Å². The van der Waals surface area contributed by atoms with Gasteiger partial charge in [0.15, 0.2) is 0 Å². The normalized spacial score (nSPS) is 12.5. The fourth-order valence-corrected chi connectivity index (χ4v) is 2.63. The summed E-state index contributed by atoms with van der Waals surface area (Å²) in [5.74, 6) is -0.156. The van der Waals surface area contributed by atoms with Crippen molar-refractivity contribution in [2.75, 3.05) is 6.54 Å². The number of hydrogen-bond acceptors (Lipinski definition) is 3. The molecule has 1 amide bonds. The zero-order chi connectivity index (χ0) is 15.7. The summed E-state index contributed by atoms with van der Waals surface area (Å²) in [5.41, 5.74) is 2.22. The minimum atomic E-state index is -0.156. The third kappa shape index (κ3) is 2.57. The van der Waals surface area contributed by atoms with Gasteiger partial charge in [-0.3, -0.25) is 4.79 Å². The van der Waals surface area contributed by atoms with Crippen LogP contribution in [0.5, 0.6) is 0 Å². The molecule has 0 aliphatic carbocycles. The Bertz CT molecular complexity index is 809. The summed E-state index contributed by atoms with van der Waals surface area (Å²) in [6.45, 7) is 4.33. The molecule has 0 spiro atoms. The van der Waals surface area contributed by atoms with Gasteiger partial charge in [-0.05, 0) is 25.5 Å². The van der Waals surface area contributed by atoms with E-state index in [4.69, 9.17) is 11.6 Å². The third-order valence-electron chi connectivity index (χ3n) is 3.72. The molecule has 0 bridgehead atoms. The molecule has 0 aliphatic heterocycles. The lowest BCUT2D eigenvalue weighted by atomic mass is 10.1. The first-order chi connectivity index (χ1) is 10.6. The number of amides is 1. The Labute approximate surface area is 132 Å². The Balaban J connectivity index is 1.78. The summed E-state index contributed by atoms with van der Waals surface area (Å²) in [6, 6.07) is 5.65. The van der Waals surface area contributed by atoms with Gasteiger partial charge in [-0.25, -0.2) is 9.67 Å². The monoisotopic (exact) mass is 317 g/mol. The molecular formula is C15H16ClN5O. The number of fused-ring (bicyclic) bond motifs is 1. The Hall–Kier alpha value is -2.34. The van der Waals surface area contributed by atoms with E-state index in [1.807, 2.05) is 26.0 Å². The highest BCUT2D eigenvalue weighted by Crippen LogP contribution is 2.27. The largest absolute Gasteiger partial charge is 0.349 e. The Morgan fingerprint density at radius 1 is 1.50 bits per heavy atom. The van der Waals surface area contributed by atoms with Crippen molar-refractivity contribution in [2.24, 2.45) is 0 Å². The van der Waals surface area contributed by atoms with Gasteiger partial charge < -0.3 is 10.3 Å². The molecule has 0 saturated carbocycles. The maximum Gasteiger partial charge on any atom is 0.268 e. The number of H-pyrrole nitrogens is 1. The lowest BCUT2D eigenvalue weighted by Gasteiger charge is -2.12. The van der Waals surface area contributed by atoms with Gasteiger partial charge in [0.2, 0.25) is 0 Å². The van der Waals surface area contributed by atoms with Crippen LogP contribution in [0.15, 0.2) is 30.9 Å². The number of nitrogens with zero attached hydrogens (tertiary/aromatic N) is 3. The van der Waals surface area contributed by atoms with E-state index >= 15 is 0 Å².